The number of thiazole rings is 1. The van der Waals surface area contributed by atoms with Crippen LogP contribution in [0.15, 0.2) is 27.9 Å². The Morgan fingerprint density at radius 1 is 1.23 bits per heavy atom. The Bertz CT molecular complexity index is 819. The number of sulfonamides is 1. The largest absolute Gasteiger partial charge is 0.395 e. The Morgan fingerprint density at radius 3 is 2.64 bits per heavy atom. The van der Waals surface area contributed by atoms with E-state index in [-0.39, 0.29) is 16.4 Å². The maximum Gasteiger partial charge on any atom is 0.305 e. The van der Waals surface area contributed by atoms with Crippen LogP contribution >= 0.6 is 11.3 Å². The smallest absolute Gasteiger partial charge is 0.305 e. The molecule has 0 atom stereocenters. The monoisotopic (exact) mass is 343 g/mol. The number of β-amino-alcohol motifs (C(OH)–C–C–N with tert-alkyl or cyclic N) is 1. The second-order valence-electron chi connectivity index (χ2n) is 5.14. The van der Waals surface area contributed by atoms with Gasteiger partial charge >= 0.3 is 4.87 Å². The topological polar surface area (TPSA) is 93.7 Å². The number of H-pyrrole nitrogens is 1. The van der Waals surface area contributed by atoms with E-state index in [0.29, 0.717) is 42.9 Å². The second-order valence-corrected chi connectivity index (χ2v) is 8.09. The molecule has 2 aromatic rings. The molecule has 0 radical (unpaired) electrons. The number of hydrogen-bond donors (Lipinski definition) is 2. The molecule has 7 nitrogen and oxygen atoms in total. The molecular formula is C13H17N3O4S2. The van der Waals surface area contributed by atoms with Gasteiger partial charge in [0, 0.05) is 32.7 Å². The number of aromatic nitrogens is 1. The van der Waals surface area contributed by atoms with Gasteiger partial charge in [-0.3, -0.25) is 9.69 Å². The van der Waals surface area contributed by atoms with Crippen LogP contribution in [0.3, 0.4) is 0 Å². The summed E-state index contributed by atoms with van der Waals surface area (Å²) in [7, 11) is -3.55. The lowest BCUT2D eigenvalue weighted by Gasteiger charge is -2.33. The highest BCUT2D eigenvalue weighted by atomic mass is 32.2. The first-order chi connectivity index (χ1) is 10.5. The SMILES string of the molecule is O=c1[nH]c2ccc(S(=O)(=O)N3CCN(CCO)CC3)cc2s1. The van der Waals surface area contributed by atoms with Crippen molar-refractivity contribution in [3.63, 3.8) is 0 Å². The van der Waals surface area contributed by atoms with Gasteiger partial charge in [-0.2, -0.15) is 4.31 Å². The fraction of sp³-hybridized carbons (Fsp3) is 0.462. The van der Waals surface area contributed by atoms with Crippen molar-refractivity contribution in [3.05, 3.63) is 27.9 Å². The van der Waals surface area contributed by atoms with Gasteiger partial charge in [0.1, 0.15) is 0 Å². The van der Waals surface area contributed by atoms with Gasteiger partial charge in [-0.05, 0) is 18.2 Å². The number of hydrogen-bond acceptors (Lipinski definition) is 6. The molecule has 3 rings (SSSR count). The molecule has 1 aliphatic rings. The number of fused-ring (bicyclic) bond motifs is 1. The molecule has 1 aromatic carbocycles. The minimum Gasteiger partial charge on any atom is -0.395 e. The van der Waals surface area contributed by atoms with Crippen molar-refractivity contribution < 1.29 is 13.5 Å². The van der Waals surface area contributed by atoms with E-state index in [1.165, 1.54) is 10.4 Å². The zero-order chi connectivity index (χ0) is 15.7. The number of nitrogens with zero attached hydrogens (tertiary/aromatic N) is 2. The third kappa shape index (κ3) is 2.95. The van der Waals surface area contributed by atoms with Crippen LogP contribution in [-0.2, 0) is 10.0 Å². The Labute approximate surface area is 131 Å². The number of benzene rings is 1. The maximum absolute atomic E-state index is 12.7. The van der Waals surface area contributed by atoms with Gasteiger partial charge in [-0.15, -0.1) is 0 Å². The molecule has 0 saturated carbocycles. The average molecular weight is 343 g/mol. The van der Waals surface area contributed by atoms with Crippen LogP contribution in [0.2, 0.25) is 0 Å². The molecule has 2 heterocycles. The lowest BCUT2D eigenvalue weighted by atomic mass is 10.3. The summed E-state index contributed by atoms with van der Waals surface area (Å²) in [6, 6.07) is 4.70. The normalized spacial score (nSPS) is 18.0. The summed E-state index contributed by atoms with van der Waals surface area (Å²) >= 11 is 1.01. The van der Waals surface area contributed by atoms with Crippen LogP contribution in [0.1, 0.15) is 0 Å². The third-order valence-electron chi connectivity index (χ3n) is 3.78. The van der Waals surface area contributed by atoms with Crippen molar-refractivity contribution in [1.82, 2.24) is 14.2 Å². The summed E-state index contributed by atoms with van der Waals surface area (Å²) in [6.07, 6.45) is 0. The van der Waals surface area contributed by atoms with Crippen LogP contribution in [0, 0.1) is 0 Å². The minimum absolute atomic E-state index is 0.0792. The number of aliphatic hydroxyl groups excluding tert-OH is 1. The quantitative estimate of drug-likeness (QED) is 0.808. The number of rotatable bonds is 4. The highest BCUT2D eigenvalue weighted by Crippen LogP contribution is 2.23. The molecule has 22 heavy (non-hydrogen) atoms. The molecule has 1 fully saturated rings. The predicted octanol–water partition coefficient (Wildman–Crippen LogP) is -0.112. The second kappa shape index (κ2) is 6.09. The van der Waals surface area contributed by atoms with Crippen LogP contribution < -0.4 is 4.87 Å². The van der Waals surface area contributed by atoms with E-state index in [2.05, 4.69) is 4.98 Å². The van der Waals surface area contributed by atoms with Gasteiger partial charge in [0.25, 0.3) is 0 Å². The first-order valence-corrected chi connectivity index (χ1v) is 9.22. The summed E-state index contributed by atoms with van der Waals surface area (Å²) in [5, 5.41) is 8.92. The van der Waals surface area contributed by atoms with Crippen molar-refractivity contribution in [2.75, 3.05) is 39.3 Å². The number of nitrogens with one attached hydrogen (secondary N) is 1. The molecule has 0 aliphatic carbocycles. The minimum atomic E-state index is -3.55. The highest BCUT2D eigenvalue weighted by molar-refractivity contribution is 7.89. The molecule has 0 spiro atoms. The summed E-state index contributed by atoms with van der Waals surface area (Å²) in [5.74, 6) is 0. The van der Waals surface area contributed by atoms with E-state index in [0.717, 1.165) is 11.3 Å². The number of aliphatic hydroxyl groups is 1. The van der Waals surface area contributed by atoms with Crippen molar-refractivity contribution in [3.8, 4) is 0 Å². The number of aromatic amines is 1. The van der Waals surface area contributed by atoms with Gasteiger partial charge in [0.2, 0.25) is 10.0 Å². The van der Waals surface area contributed by atoms with Gasteiger partial charge in [0.05, 0.1) is 21.7 Å². The van der Waals surface area contributed by atoms with E-state index in [1.807, 2.05) is 4.90 Å². The number of piperazine rings is 1. The van der Waals surface area contributed by atoms with Crippen LogP contribution in [0.25, 0.3) is 10.2 Å². The molecule has 9 heteroatoms. The van der Waals surface area contributed by atoms with Crippen molar-refractivity contribution in [2.45, 2.75) is 4.90 Å². The van der Waals surface area contributed by atoms with Crippen LogP contribution in [0.4, 0.5) is 0 Å². The molecule has 0 unspecified atom stereocenters. The van der Waals surface area contributed by atoms with Crippen LogP contribution in [0.5, 0.6) is 0 Å². The summed E-state index contributed by atoms with van der Waals surface area (Å²) < 4.78 is 27.5. The lowest BCUT2D eigenvalue weighted by Crippen LogP contribution is -2.49. The maximum atomic E-state index is 12.7. The van der Waals surface area contributed by atoms with Gasteiger partial charge in [-0.1, -0.05) is 11.3 Å². The van der Waals surface area contributed by atoms with E-state index in [4.69, 9.17) is 5.11 Å². The summed E-state index contributed by atoms with van der Waals surface area (Å²) in [6.45, 7) is 2.68. The fourth-order valence-electron chi connectivity index (χ4n) is 2.57. The van der Waals surface area contributed by atoms with E-state index in [1.54, 1.807) is 12.1 Å². The molecule has 1 aromatic heterocycles. The Kier molecular flexibility index (Phi) is 4.33. The Morgan fingerprint density at radius 2 is 1.95 bits per heavy atom. The average Bonchev–Trinajstić information content (AvgIpc) is 2.87. The highest BCUT2D eigenvalue weighted by Gasteiger charge is 2.28. The summed E-state index contributed by atoms with van der Waals surface area (Å²) in [4.78, 5) is 16.0. The molecular weight excluding hydrogens is 326 g/mol. The van der Waals surface area contributed by atoms with E-state index >= 15 is 0 Å². The molecule has 1 saturated heterocycles. The molecule has 0 amide bonds. The zero-order valence-electron chi connectivity index (χ0n) is 11.9. The molecule has 120 valence electrons. The van der Waals surface area contributed by atoms with Gasteiger partial charge < -0.3 is 10.1 Å². The zero-order valence-corrected chi connectivity index (χ0v) is 13.5. The van der Waals surface area contributed by atoms with Gasteiger partial charge in [0.15, 0.2) is 0 Å². The Hall–Kier alpha value is -1.26. The first-order valence-electron chi connectivity index (χ1n) is 6.97. The van der Waals surface area contributed by atoms with Gasteiger partial charge in [-0.25, -0.2) is 8.42 Å². The first kappa shape index (κ1) is 15.6. The van der Waals surface area contributed by atoms with Crippen molar-refractivity contribution >= 4 is 31.6 Å². The van der Waals surface area contributed by atoms with Crippen LogP contribution in [-0.4, -0.2) is 67.0 Å². The molecule has 1 aliphatic heterocycles. The molecule has 2 N–H and O–H groups in total. The van der Waals surface area contributed by atoms with E-state index in [9.17, 15) is 13.2 Å². The predicted molar refractivity (Wildman–Crippen MR) is 84.7 cm³/mol. The summed E-state index contributed by atoms with van der Waals surface area (Å²) in [5.41, 5.74) is 0.654. The standard InChI is InChI=1S/C13H17N3O4S2/c17-8-7-15-3-5-16(6-4-15)22(19,20)10-1-2-11-12(9-10)21-13(18)14-11/h1-2,9,17H,3-8H2,(H,14,18). The lowest BCUT2D eigenvalue weighted by molar-refractivity contribution is 0.151. The van der Waals surface area contributed by atoms with Crippen molar-refractivity contribution in [2.24, 2.45) is 0 Å². The van der Waals surface area contributed by atoms with E-state index < -0.39 is 10.0 Å². The van der Waals surface area contributed by atoms with Crippen molar-refractivity contribution in [1.29, 1.82) is 0 Å². The Balaban J connectivity index is 1.84. The molecule has 0 bridgehead atoms. The third-order valence-corrected chi connectivity index (χ3v) is 6.52. The fourth-order valence-corrected chi connectivity index (χ4v) is 4.87.